The molecule has 0 bridgehead atoms. The first-order valence-corrected chi connectivity index (χ1v) is 5.33. The largest absolute Gasteiger partial charge is 0.425 e. The number of benzene rings is 1. The van der Waals surface area contributed by atoms with Crippen molar-refractivity contribution in [2.75, 3.05) is 0 Å². The Morgan fingerprint density at radius 1 is 1.47 bits per heavy atom. The van der Waals surface area contributed by atoms with Gasteiger partial charge in [-0.1, -0.05) is 31.5 Å². The van der Waals surface area contributed by atoms with Crippen LogP contribution in [0.25, 0.3) is 0 Å². The summed E-state index contributed by atoms with van der Waals surface area (Å²) in [6.07, 6.45) is 0.407. The lowest BCUT2D eigenvalue weighted by atomic mass is 10.1. The molecule has 1 rings (SSSR count). The summed E-state index contributed by atoms with van der Waals surface area (Å²) in [5.74, 6) is 0.501. The third-order valence-electron chi connectivity index (χ3n) is 1.89. The van der Waals surface area contributed by atoms with E-state index in [1.54, 1.807) is 12.1 Å². The Morgan fingerprint density at radius 2 is 2.13 bits per heavy atom. The van der Waals surface area contributed by atoms with Gasteiger partial charge in [0.1, 0.15) is 5.75 Å². The minimum Gasteiger partial charge on any atom is -0.425 e. The molecule has 0 aromatic heterocycles. The highest BCUT2D eigenvalue weighted by atomic mass is 35.5. The second-order valence-corrected chi connectivity index (χ2v) is 4.41. The van der Waals surface area contributed by atoms with Crippen LogP contribution in [0, 0.1) is 12.8 Å². The second kappa shape index (κ2) is 5.17. The zero-order chi connectivity index (χ0) is 11.4. The fraction of sp³-hybridized carbons (Fsp3) is 0.417. The van der Waals surface area contributed by atoms with E-state index in [1.165, 1.54) is 0 Å². The van der Waals surface area contributed by atoms with Crippen molar-refractivity contribution in [2.45, 2.75) is 27.2 Å². The minimum absolute atomic E-state index is 0.238. The third-order valence-corrected chi connectivity index (χ3v) is 2.20. The van der Waals surface area contributed by atoms with Gasteiger partial charge >= 0.3 is 5.97 Å². The number of rotatable bonds is 3. The van der Waals surface area contributed by atoms with Gasteiger partial charge in [0.25, 0.3) is 0 Å². The van der Waals surface area contributed by atoms with E-state index in [0.29, 0.717) is 23.1 Å². The lowest BCUT2D eigenvalue weighted by Gasteiger charge is -2.08. The van der Waals surface area contributed by atoms with Crippen molar-refractivity contribution in [3.05, 3.63) is 28.8 Å². The molecule has 1 aromatic rings. The van der Waals surface area contributed by atoms with Crippen LogP contribution < -0.4 is 4.74 Å². The molecule has 0 spiro atoms. The molecule has 0 amide bonds. The molecule has 82 valence electrons. The molecule has 0 N–H and O–H groups in total. The molecule has 0 saturated carbocycles. The van der Waals surface area contributed by atoms with Crippen LogP contribution in [0.1, 0.15) is 25.8 Å². The summed E-state index contributed by atoms with van der Waals surface area (Å²) in [6, 6.07) is 5.37. The number of carbonyl (C=O) groups is 1. The number of aryl methyl sites for hydroxylation is 1. The molecule has 3 heteroatoms. The fourth-order valence-corrected chi connectivity index (χ4v) is 1.34. The van der Waals surface area contributed by atoms with Crippen molar-refractivity contribution < 1.29 is 9.53 Å². The molecule has 0 aliphatic carbocycles. The Labute approximate surface area is 95.2 Å². The molecule has 1 aromatic carbocycles. The average molecular weight is 227 g/mol. The summed E-state index contributed by atoms with van der Waals surface area (Å²) in [5, 5.41) is 0.470. The maximum absolute atomic E-state index is 11.4. The van der Waals surface area contributed by atoms with Gasteiger partial charge in [-0.15, -0.1) is 0 Å². The molecule has 15 heavy (non-hydrogen) atoms. The number of halogens is 1. The summed E-state index contributed by atoms with van der Waals surface area (Å²) in [4.78, 5) is 11.4. The molecule has 0 atom stereocenters. The number of hydrogen-bond donors (Lipinski definition) is 0. The molecule has 0 heterocycles. The number of ether oxygens (including phenoxy) is 1. The lowest BCUT2D eigenvalue weighted by Crippen LogP contribution is -2.11. The van der Waals surface area contributed by atoms with Gasteiger partial charge in [-0.25, -0.2) is 0 Å². The van der Waals surface area contributed by atoms with Crippen LogP contribution in [0.2, 0.25) is 5.02 Å². The van der Waals surface area contributed by atoms with Gasteiger partial charge in [-0.2, -0.15) is 0 Å². The van der Waals surface area contributed by atoms with Gasteiger partial charge in [0.15, 0.2) is 0 Å². The van der Waals surface area contributed by atoms with E-state index in [1.807, 2.05) is 26.8 Å². The Bertz CT molecular complexity index is 359. The quantitative estimate of drug-likeness (QED) is 0.582. The van der Waals surface area contributed by atoms with E-state index in [2.05, 4.69) is 0 Å². The predicted molar refractivity (Wildman–Crippen MR) is 61.3 cm³/mol. The fourth-order valence-electron chi connectivity index (χ4n) is 1.19. The minimum atomic E-state index is -0.238. The van der Waals surface area contributed by atoms with Crippen LogP contribution in [-0.4, -0.2) is 5.97 Å². The standard InChI is InChI=1S/C12H15ClO2/c1-8(2)6-12(14)15-11-7-9(3)4-5-10(11)13/h4-5,7-8H,6H2,1-3H3. The highest BCUT2D eigenvalue weighted by molar-refractivity contribution is 6.32. The molecule has 0 aliphatic rings. The summed E-state index contributed by atoms with van der Waals surface area (Å²) in [6.45, 7) is 5.87. The van der Waals surface area contributed by atoms with Gasteiger partial charge < -0.3 is 4.74 Å². The first-order valence-electron chi connectivity index (χ1n) is 4.96. The van der Waals surface area contributed by atoms with E-state index >= 15 is 0 Å². The molecule has 0 fully saturated rings. The third kappa shape index (κ3) is 3.92. The number of esters is 1. The van der Waals surface area contributed by atoms with Crippen molar-refractivity contribution in [3.63, 3.8) is 0 Å². The topological polar surface area (TPSA) is 26.3 Å². The van der Waals surface area contributed by atoms with Crippen LogP contribution in [0.4, 0.5) is 0 Å². The van der Waals surface area contributed by atoms with Gasteiger partial charge in [-0.3, -0.25) is 4.79 Å². The zero-order valence-electron chi connectivity index (χ0n) is 9.21. The Morgan fingerprint density at radius 3 is 2.73 bits per heavy atom. The van der Waals surface area contributed by atoms with Crippen LogP contribution in [-0.2, 0) is 4.79 Å². The monoisotopic (exact) mass is 226 g/mol. The predicted octanol–water partition coefficient (Wildman–Crippen LogP) is 3.60. The van der Waals surface area contributed by atoms with Crippen molar-refractivity contribution in [3.8, 4) is 5.75 Å². The van der Waals surface area contributed by atoms with E-state index in [9.17, 15) is 4.79 Å². The second-order valence-electron chi connectivity index (χ2n) is 4.01. The Balaban J connectivity index is 2.71. The molecule has 0 unspecified atom stereocenters. The van der Waals surface area contributed by atoms with Crippen LogP contribution in [0.15, 0.2) is 18.2 Å². The number of carbonyl (C=O) groups excluding carboxylic acids is 1. The normalized spacial score (nSPS) is 10.5. The van der Waals surface area contributed by atoms with E-state index < -0.39 is 0 Å². The lowest BCUT2D eigenvalue weighted by molar-refractivity contribution is -0.135. The highest BCUT2D eigenvalue weighted by Gasteiger charge is 2.10. The van der Waals surface area contributed by atoms with Gasteiger partial charge in [0, 0.05) is 6.42 Å². The molecule has 2 nitrogen and oxygen atoms in total. The van der Waals surface area contributed by atoms with E-state index in [-0.39, 0.29) is 5.97 Å². The summed E-state index contributed by atoms with van der Waals surface area (Å²) >= 11 is 5.90. The maximum atomic E-state index is 11.4. The highest BCUT2D eigenvalue weighted by Crippen LogP contribution is 2.25. The van der Waals surface area contributed by atoms with Crippen molar-refractivity contribution in [1.82, 2.24) is 0 Å². The van der Waals surface area contributed by atoms with E-state index in [0.717, 1.165) is 5.56 Å². The van der Waals surface area contributed by atoms with Crippen molar-refractivity contribution in [2.24, 2.45) is 5.92 Å². The smallest absolute Gasteiger partial charge is 0.311 e. The van der Waals surface area contributed by atoms with Gasteiger partial charge in [0.2, 0.25) is 0 Å². The summed E-state index contributed by atoms with van der Waals surface area (Å²) in [5.41, 5.74) is 1.02. The molecule has 0 aliphatic heterocycles. The first kappa shape index (κ1) is 12.1. The molecule has 0 saturated heterocycles. The Kier molecular flexibility index (Phi) is 4.15. The van der Waals surface area contributed by atoms with E-state index in [4.69, 9.17) is 16.3 Å². The van der Waals surface area contributed by atoms with Gasteiger partial charge in [-0.05, 0) is 30.5 Å². The average Bonchev–Trinajstić information content (AvgIpc) is 2.10. The summed E-state index contributed by atoms with van der Waals surface area (Å²) in [7, 11) is 0. The molecular formula is C12H15ClO2. The maximum Gasteiger partial charge on any atom is 0.311 e. The van der Waals surface area contributed by atoms with Gasteiger partial charge in [0.05, 0.1) is 5.02 Å². The van der Waals surface area contributed by atoms with Crippen LogP contribution in [0.5, 0.6) is 5.75 Å². The zero-order valence-corrected chi connectivity index (χ0v) is 9.97. The van der Waals surface area contributed by atoms with Crippen molar-refractivity contribution in [1.29, 1.82) is 0 Å². The molecule has 0 radical (unpaired) electrons. The Hall–Kier alpha value is -1.02. The van der Waals surface area contributed by atoms with Crippen LogP contribution >= 0.6 is 11.6 Å². The van der Waals surface area contributed by atoms with Crippen molar-refractivity contribution >= 4 is 17.6 Å². The van der Waals surface area contributed by atoms with Crippen LogP contribution in [0.3, 0.4) is 0 Å². The summed E-state index contributed by atoms with van der Waals surface area (Å²) < 4.78 is 5.17. The SMILES string of the molecule is Cc1ccc(Cl)c(OC(=O)CC(C)C)c1. The number of hydrogen-bond acceptors (Lipinski definition) is 2. The molecular weight excluding hydrogens is 212 g/mol. The first-order chi connectivity index (χ1) is 6.99.